The highest BCUT2D eigenvalue weighted by Crippen LogP contribution is 2.35. The van der Waals surface area contributed by atoms with Crippen LogP contribution in [0.5, 0.6) is 0 Å². The molecule has 0 aliphatic carbocycles. The number of rotatable bonds is 7. The molecule has 0 bridgehead atoms. The van der Waals surface area contributed by atoms with E-state index in [1.165, 1.54) is 24.3 Å². The molecule has 0 amide bonds. The van der Waals surface area contributed by atoms with Gasteiger partial charge in [-0.15, -0.1) is 6.58 Å². The lowest BCUT2D eigenvalue weighted by molar-refractivity contribution is -0.387. The van der Waals surface area contributed by atoms with Crippen LogP contribution in [0.4, 0.5) is 17.1 Å². The summed E-state index contributed by atoms with van der Waals surface area (Å²) in [6.07, 6.45) is 1.24. The summed E-state index contributed by atoms with van der Waals surface area (Å²) in [6, 6.07) is 8.08. The number of nitro groups is 2. The van der Waals surface area contributed by atoms with Gasteiger partial charge in [0.05, 0.1) is 27.1 Å². The van der Waals surface area contributed by atoms with E-state index in [1.54, 1.807) is 0 Å². The highest BCUT2D eigenvalue weighted by molar-refractivity contribution is 7.93. The summed E-state index contributed by atoms with van der Waals surface area (Å²) in [5.41, 5.74) is -1.18. The van der Waals surface area contributed by atoms with Gasteiger partial charge in [0.15, 0.2) is 4.90 Å². The molecule has 0 fully saturated rings. The Kier molecular flexibility index (Phi) is 5.58. The van der Waals surface area contributed by atoms with Gasteiger partial charge in [-0.3, -0.25) is 24.5 Å². The first-order valence-corrected chi connectivity index (χ1v) is 8.83. The average molecular weight is 398 g/mol. The predicted octanol–water partition coefficient (Wildman–Crippen LogP) is 3.54. The van der Waals surface area contributed by atoms with Gasteiger partial charge < -0.3 is 0 Å². The second-order valence-corrected chi connectivity index (χ2v) is 7.18. The van der Waals surface area contributed by atoms with Gasteiger partial charge in [0.25, 0.3) is 21.4 Å². The lowest BCUT2D eigenvalue weighted by Crippen LogP contribution is -2.32. The molecule has 2 rings (SSSR count). The molecule has 0 atom stereocenters. The fourth-order valence-corrected chi connectivity index (χ4v) is 4.07. The molecule has 2 aromatic rings. The van der Waals surface area contributed by atoms with Gasteiger partial charge in [-0.2, -0.15) is 0 Å². The minimum absolute atomic E-state index is 0.0698. The molecule has 0 heterocycles. The molecule has 0 saturated heterocycles. The van der Waals surface area contributed by atoms with Crippen LogP contribution in [0.25, 0.3) is 0 Å². The number of sulfonamides is 1. The van der Waals surface area contributed by atoms with Crippen LogP contribution < -0.4 is 4.31 Å². The molecule has 0 saturated carbocycles. The molecule has 11 heteroatoms. The van der Waals surface area contributed by atoms with Crippen LogP contribution in [0.15, 0.2) is 60.0 Å². The van der Waals surface area contributed by atoms with Crippen LogP contribution in [-0.2, 0) is 10.0 Å². The lowest BCUT2D eigenvalue weighted by Gasteiger charge is -2.23. The third kappa shape index (κ3) is 3.65. The molecular formula is C15H12ClN3O6S. The SMILES string of the molecule is C=CCN(c1cc([N+](=O)[O-])ccc1Cl)S(=O)(=O)c1ccccc1[N+](=O)[O-]. The topological polar surface area (TPSA) is 124 Å². The van der Waals surface area contributed by atoms with E-state index in [0.29, 0.717) is 0 Å². The summed E-state index contributed by atoms with van der Waals surface area (Å²) in [5, 5.41) is 22.1. The van der Waals surface area contributed by atoms with Crippen molar-refractivity contribution in [2.24, 2.45) is 0 Å². The summed E-state index contributed by atoms with van der Waals surface area (Å²) < 4.78 is 26.8. The van der Waals surface area contributed by atoms with Crippen LogP contribution in [0.2, 0.25) is 5.02 Å². The second-order valence-electron chi connectivity index (χ2n) is 4.94. The normalized spacial score (nSPS) is 11.0. The molecule has 0 aromatic heterocycles. The van der Waals surface area contributed by atoms with E-state index in [0.717, 1.165) is 28.6 Å². The third-order valence-electron chi connectivity index (χ3n) is 3.33. The molecule has 2 aromatic carbocycles. The Hall–Kier alpha value is -2.98. The first-order valence-electron chi connectivity index (χ1n) is 7.01. The highest BCUT2D eigenvalue weighted by atomic mass is 35.5. The smallest absolute Gasteiger partial charge is 0.261 e. The molecule has 9 nitrogen and oxygen atoms in total. The molecule has 136 valence electrons. The van der Waals surface area contributed by atoms with Gasteiger partial charge >= 0.3 is 0 Å². The van der Waals surface area contributed by atoms with Crippen molar-refractivity contribution in [1.82, 2.24) is 0 Å². The van der Waals surface area contributed by atoms with E-state index in [1.807, 2.05) is 0 Å². The zero-order chi connectivity index (χ0) is 19.5. The summed E-state index contributed by atoms with van der Waals surface area (Å²) in [7, 11) is -4.44. The van der Waals surface area contributed by atoms with Crippen LogP contribution >= 0.6 is 11.6 Å². The number of anilines is 1. The van der Waals surface area contributed by atoms with Crippen molar-refractivity contribution in [2.45, 2.75) is 4.90 Å². The van der Waals surface area contributed by atoms with Gasteiger partial charge in [0, 0.05) is 18.2 Å². The minimum atomic E-state index is -4.44. The predicted molar refractivity (Wildman–Crippen MR) is 95.9 cm³/mol. The van der Waals surface area contributed by atoms with E-state index >= 15 is 0 Å². The molecule has 0 spiro atoms. The van der Waals surface area contributed by atoms with Crippen molar-refractivity contribution in [1.29, 1.82) is 0 Å². The van der Waals surface area contributed by atoms with Gasteiger partial charge in [0.2, 0.25) is 0 Å². The van der Waals surface area contributed by atoms with E-state index in [2.05, 4.69) is 6.58 Å². The summed E-state index contributed by atoms with van der Waals surface area (Å²) in [6.45, 7) is 3.16. The quantitative estimate of drug-likeness (QED) is 0.400. The molecule has 0 unspecified atom stereocenters. The van der Waals surface area contributed by atoms with Crippen molar-refractivity contribution < 1.29 is 18.3 Å². The zero-order valence-electron chi connectivity index (χ0n) is 13.1. The summed E-state index contributed by atoms with van der Waals surface area (Å²) >= 11 is 6.03. The molecule has 0 radical (unpaired) electrons. The second kappa shape index (κ2) is 7.50. The van der Waals surface area contributed by atoms with Crippen LogP contribution in [0.1, 0.15) is 0 Å². The zero-order valence-corrected chi connectivity index (χ0v) is 14.7. The lowest BCUT2D eigenvalue weighted by atomic mass is 10.3. The third-order valence-corrected chi connectivity index (χ3v) is 5.48. The number of non-ortho nitro benzene ring substituents is 1. The standard InChI is InChI=1S/C15H12ClN3O6S/c1-2-9-17(14-10-11(18(20)21)7-8-12(14)16)26(24,25)15-6-4-3-5-13(15)19(22)23/h2-8,10H,1,9H2. The Morgan fingerprint density at radius 1 is 1.12 bits per heavy atom. The van der Waals surface area contributed by atoms with E-state index in [9.17, 15) is 28.6 Å². The maximum atomic E-state index is 13.0. The maximum absolute atomic E-state index is 13.0. The van der Waals surface area contributed by atoms with Crippen molar-refractivity contribution in [2.75, 3.05) is 10.8 Å². The highest BCUT2D eigenvalue weighted by Gasteiger charge is 2.32. The van der Waals surface area contributed by atoms with Crippen molar-refractivity contribution >= 4 is 38.7 Å². The van der Waals surface area contributed by atoms with Crippen molar-refractivity contribution in [3.63, 3.8) is 0 Å². The number of hydrogen-bond acceptors (Lipinski definition) is 6. The number of halogens is 1. The van der Waals surface area contributed by atoms with Gasteiger partial charge in [-0.25, -0.2) is 8.42 Å². The Labute approximate surface area is 153 Å². The van der Waals surface area contributed by atoms with Crippen LogP contribution in [-0.4, -0.2) is 24.8 Å². The number of hydrogen-bond donors (Lipinski definition) is 0. The number of nitrogens with zero attached hydrogens (tertiary/aromatic N) is 3. The Morgan fingerprint density at radius 3 is 2.35 bits per heavy atom. The number of nitro benzene ring substituents is 2. The van der Waals surface area contributed by atoms with Crippen molar-refractivity contribution in [3.8, 4) is 0 Å². The fraction of sp³-hybridized carbons (Fsp3) is 0.0667. The first-order chi connectivity index (χ1) is 12.2. The molecule has 0 N–H and O–H groups in total. The van der Waals surface area contributed by atoms with Gasteiger partial charge in [-0.05, 0) is 12.1 Å². The largest absolute Gasteiger partial charge is 0.289 e. The number of benzene rings is 2. The van der Waals surface area contributed by atoms with E-state index in [4.69, 9.17) is 11.6 Å². The van der Waals surface area contributed by atoms with Crippen LogP contribution in [0, 0.1) is 20.2 Å². The van der Waals surface area contributed by atoms with E-state index in [-0.39, 0.29) is 22.9 Å². The summed E-state index contributed by atoms with van der Waals surface area (Å²) in [5.74, 6) is 0. The maximum Gasteiger partial charge on any atom is 0.289 e. The Morgan fingerprint density at radius 2 is 1.77 bits per heavy atom. The monoisotopic (exact) mass is 397 g/mol. The fourth-order valence-electron chi connectivity index (χ4n) is 2.19. The van der Waals surface area contributed by atoms with Gasteiger partial charge in [0.1, 0.15) is 0 Å². The first kappa shape index (κ1) is 19.3. The Bertz CT molecular complexity index is 993. The molecule has 26 heavy (non-hydrogen) atoms. The van der Waals surface area contributed by atoms with Crippen molar-refractivity contribution in [3.05, 3.63) is 80.4 Å². The van der Waals surface area contributed by atoms with Crippen LogP contribution in [0.3, 0.4) is 0 Å². The van der Waals surface area contributed by atoms with E-state index < -0.39 is 30.5 Å². The van der Waals surface area contributed by atoms with Gasteiger partial charge in [-0.1, -0.05) is 29.8 Å². The minimum Gasteiger partial charge on any atom is -0.261 e. The average Bonchev–Trinajstić information content (AvgIpc) is 2.60. The molecule has 0 aliphatic heterocycles. The molecular weight excluding hydrogens is 386 g/mol. The molecule has 0 aliphatic rings. The summed E-state index contributed by atoms with van der Waals surface area (Å²) in [4.78, 5) is 20.1. The number of para-hydroxylation sites is 1. The Balaban J connectivity index is 2.72.